The molecule has 0 unspecified atom stereocenters. The predicted octanol–water partition coefficient (Wildman–Crippen LogP) is 7.73. The fraction of sp³-hybridized carbons (Fsp3) is 0.0909. The van der Waals surface area contributed by atoms with Crippen molar-refractivity contribution in [2.45, 2.75) is 13.5 Å². The van der Waals surface area contributed by atoms with Crippen LogP contribution in [0, 0.1) is 0 Å². The van der Waals surface area contributed by atoms with Crippen molar-refractivity contribution in [1.82, 2.24) is 10.4 Å². The first-order valence-corrected chi connectivity index (χ1v) is 13.8. The number of nitrogens with zero attached hydrogens (tertiary/aromatic N) is 2. The third-order valence-corrected chi connectivity index (χ3v) is 6.78. The summed E-state index contributed by atoms with van der Waals surface area (Å²) < 4.78 is 11.0. The Bertz CT molecular complexity index is 1770. The number of halogens is 2. The topological polar surface area (TPSA) is 89.9 Å². The highest BCUT2D eigenvalue weighted by Crippen LogP contribution is 2.32. The van der Waals surface area contributed by atoms with Gasteiger partial charge in [-0.3, -0.25) is 4.79 Å². The largest absolute Gasteiger partial charge is 0.487 e. The van der Waals surface area contributed by atoms with Gasteiger partial charge < -0.3 is 9.47 Å². The van der Waals surface area contributed by atoms with Crippen molar-refractivity contribution in [1.29, 1.82) is 0 Å². The third kappa shape index (κ3) is 6.77. The van der Waals surface area contributed by atoms with Crippen molar-refractivity contribution in [3.63, 3.8) is 0 Å². The van der Waals surface area contributed by atoms with E-state index in [1.54, 1.807) is 49.4 Å². The van der Waals surface area contributed by atoms with E-state index < -0.39 is 5.91 Å². The van der Waals surface area contributed by atoms with E-state index >= 15 is 0 Å². The molecular weight excluding hydrogens is 573 g/mol. The first kappa shape index (κ1) is 28.8. The minimum absolute atomic E-state index is 0.170. The molecule has 210 valence electrons. The number of hydrazone groups is 1. The van der Waals surface area contributed by atoms with E-state index in [0.29, 0.717) is 50.7 Å². The number of pyridine rings is 1. The molecule has 0 aliphatic heterocycles. The molecule has 1 heterocycles. The summed E-state index contributed by atoms with van der Waals surface area (Å²) in [5, 5.41) is 5.55. The van der Waals surface area contributed by atoms with Crippen LogP contribution in [0.1, 0.15) is 38.8 Å². The summed E-state index contributed by atoms with van der Waals surface area (Å²) in [6.07, 6.45) is 1.43. The molecule has 0 saturated heterocycles. The van der Waals surface area contributed by atoms with E-state index in [2.05, 4.69) is 10.5 Å². The molecule has 1 aromatic heterocycles. The Morgan fingerprint density at radius 1 is 0.929 bits per heavy atom. The Hall–Kier alpha value is -4.72. The Morgan fingerprint density at radius 3 is 2.43 bits per heavy atom. The van der Waals surface area contributed by atoms with E-state index in [-0.39, 0.29) is 17.6 Å². The van der Waals surface area contributed by atoms with Gasteiger partial charge in [0, 0.05) is 21.5 Å². The van der Waals surface area contributed by atoms with Crippen LogP contribution in [0.4, 0.5) is 0 Å². The number of hydrogen-bond donors (Lipinski definition) is 1. The number of para-hydroxylation sites is 1. The molecule has 0 atom stereocenters. The Labute approximate surface area is 252 Å². The fourth-order valence-corrected chi connectivity index (χ4v) is 4.84. The summed E-state index contributed by atoms with van der Waals surface area (Å²) in [7, 11) is 0. The quantitative estimate of drug-likeness (QED) is 0.107. The first-order chi connectivity index (χ1) is 20.4. The number of aromatic nitrogens is 1. The number of esters is 1. The number of rotatable bonds is 9. The highest BCUT2D eigenvalue weighted by molar-refractivity contribution is 6.36. The monoisotopic (exact) mass is 597 g/mol. The molecular formula is C33H25Cl2N3O4. The lowest BCUT2D eigenvalue weighted by molar-refractivity contribution is 0.0526. The average Bonchev–Trinajstić information content (AvgIpc) is 3.00. The van der Waals surface area contributed by atoms with Gasteiger partial charge in [0.15, 0.2) is 0 Å². The lowest BCUT2D eigenvalue weighted by Crippen LogP contribution is -2.18. The van der Waals surface area contributed by atoms with Crippen LogP contribution >= 0.6 is 23.2 Å². The van der Waals surface area contributed by atoms with Crippen molar-refractivity contribution in [2.75, 3.05) is 6.61 Å². The molecule has 1 N–H and O–H groups in total. The number of fused-ring (bicyclic) bond motifs is 1. The summed E-state index contributed by atoms with van der Waals surface area (Å²) in [4.78, 5) is 29.9. The molecule has 9 heteroatoms. The summed E-state index contributed by atoms with van der Waals surface area (Å²) in [5.74, 6) is -0.448. The van der Waals surface area contributed by atoms with Gasteiger partial charge in [-0.15, -0.1) is 0 Å². The maximum atomic E-state index is 13.3. The maximum Gasteiger partial charge on any atom is 0.338 e. The molecule has 4 aromatic carbocycles. The van der Waals surface area contributed by atoms with Crippen LogP contribution in [0.5, 0.6) is 5.75 Å². The first-order valence-electron chi connectivity index (χ1n) is 13.1. The zero-order valence-corrected chi connectivity index (χ0v) is 24.0. The molecule has 0 fully saturated rings. The van der Waals surface area contributed by atoms with Crippen LogP contribution in [0.25, 0.3) is 22.2 Å². The van der Waals surface area contributed by atoms with E-state index in [1.807, 2.05) is 54.6 Å². The van der Waals surface area contributed by atoms with E-state index in [4.69, 9.17) is 37.7 Å². The SMILES string of the molecule is CCOC(=O)c1ccc(COc2c(Cl)cc(Cl)cc2/C=N\NC(=O)c2cc(-c3ccccc3)nc3ccccc23)cc1. The number of carbonyl (C=O) groups excluding carboxylic acids is 2. The van der Waals surface area contributed by atoms with Crippen LogP contribution in [-0.2, 0) is 11.3 Å². The molecule has 0 saturated carbocycles. The van der Waals surface area contributed by atoms with Gasteiger partial charge in [-0.2, -0.15) is 5.10 Å². The lowest BCUT2D eigenvalue weighted by atomic mass is 10.0. The fourth-order valence-electron chi connectivity index (χ4n) is 4.28. The molecule has 0 aliphatic carbocycles. The van der Waals surface area contributed by atoms with Crippen molar-refractivity contribution in [3.05, 3.63) is 129 Å². The molecule has 0 spiro atoms. The molecule has 7 nitrogen and oxygen atoms in total. The van der Waals surface area contributed by atoms with Crippen molar-refractivity contribution < 1.29 is 19.1 Å². The molecule has 1 amide bonds. The predicted molar refractivity (Wildman–Crippen MR) is 165 cm³/mol. The summed E-state index contributed by atoms with van der Waals surface area (Å²) in [5.41, 5.74) is 7.04. The van der Waals surface area contributed by atoms with Gasteiger partial charge in [0.1, 0.15) is 12.4 Å². The zero-order valence-electron chi connectivity index (χ0n) is 22.5. The van der Waals surface area contributed by atoms with Crippen LogP contribution in [0.15, 0.2) is 102 Å². The molecule has 0 aliphatic rings. The normalized spacial score (nSPS) is 11.0. The van der Waals surface area contributed by atoms with E-state index in [9.17, 15) is 9.59 Å². The number of carbonyl (C=O) groups is 2. The molecule has 0 radical (unpaired) electrons. The highest BCUT2D eigenvalue weighted by atomic mass is 35.5. The van der Waals surface area contributed by atoms with Crippen LogP contribution < -0.4 is 10.2 Å². The zero-order chi connectivity index (χ0) is 29.5. The van der Waals surface area contributed by atoms with Gasteiger partial charge in [-0.05, 0) is 48.9 Å². The van der Waals surface area contributed by atoms with E-state index in [0.717, 1.165) is 11.1 Å². The van der Waals surface area contributed by atoms with Gasteiger partial charge in [0.05, 0.1) is 40.2 Å². The Kier molecular flexibility index (Phi) is 9.12. The molecule has 42 heavy (non-hydrogen) atoms. The number of amides is 1. The second kappa shape index (κ2) is 13.3. The second-order valence-corrected chi connectivity index (χ2v) is 9.99. The minimum Gasteiger partial charge on any atom is -0.487 e. The number of ether oxygens (including phenoxy) is 2. The highest BCUT2D eigenvalue weighted by Gasteiger charge is 2.15. The van der Waals surface area contributed by atoms with Crippen LogP contribution in [0.2, 0.25) is 10.0 Å². The van der Waals surface area contributed by atoms with Crippen molar-refractivity contribution in [2.24, 2.45) is 5.10 Å². The number of hydrogen-bond acceptors (Lipinski definition) is 6. The third-order valence-electron chi connectivity index (χ3n) is 6.29. The van der Waals surface area contributed by atoms with Crippen LogP contribution in [0.3, 0.4) is 0 Å². The van der Waals surface area contributed by atoms with Gasteiger partial charge >= 0.3 is 5.97 Å². The maximum absolute atomic E-state index is 13.3. The molecule has 5 rings (SSSR count). The average molecular weight is 598 g/mol. The van der Waals surface area contributed by atoms with E-state index in [1.165, 1.54) is 6.21 Å². The molecule has 5 aromatic rings. The standard InChI is InChI=1S/C33H25Cl2N3O4/c1-2-41-33(40)23-14-12-21(13-15-23)20-42-31-24(16-25(34)17-28(31)35)19-36-38-32(39)27-18-30(22-8-4-3-5-9-22)37-29-11-7-6-10-26(27)29/h3-19H,2,20H2,1H3,(H,38,39)/b36-19-. The summed E-state index contributed by atoms with van der Waals surface area (Å²) in [6.45, 7) is 2.23. The van der Waals surface area contributed by atoms with Gasteiger partial charge in [0.2, 0.25) is 0 Å². The molecule has 0 bridgehead atoms. The smallest absolute Gasteiger partial charge is 0.338 e. The van der Waals surface area contributed by atoms with Gasteiger partial charge in [0.25, 0.3) is 5.91 Å². The Balaban J connectivity index is 1.35. The number of benzene rings is 4. The summed E-state index contributed by atoms with van der Waals surface area (Å²) >= 11 is 12.7. The van der Waals surface area contributed by atoms with Crippen molar-refractivity contribution >= 4 is 52.2 Å². The number of nitrogens with one attached hydrogen (secondary N) is 1. The minimum atomic E-state index is -0.403. The van der Waals surface area contributed by atoms with Gasteiger partial charge in [-0.25, -0.2) is 15.2 Å². The van der Waals surface area contributed by atoms with Crippen LogP contribution in [-0.4, -0.2) is 29.7 Å². The second-order valence-electron chi connectivity index (χ2n) is 9.15. The Morgan fingerprint density at radius 2 is 1.67 bits per heavy atom. The lowest BCUT2D eigenvalue weighted by Gasteiger charge is -2.12. The van der Waals surface area contributed by atoms with Crippen molar-refractivity contribution in [3.8, 4) is 17.0 Å². The van der Waals surface area contributed by atoms with Gasteiger partial charge in [-0.1, -0.05) is 83.9 Å². The summed E-state index contributed by atoms with van der Waals surface area (Å²) in [6, 6.07) is 28.9.